The Morgan fingerprint density at radius 2 is 1.80 bits per heavy atom. The van der Waals surface area contributed by atoms with Gasteiger partial charge in [0.15, 0.2) is 5.82 Å². The number of hydrogen-bond donors (Lipinski definition) is 2. The Balaban J connectivity index is 1.54. The fourth-order valence-electron chi connectivity index (χ4n) is 3.52. The first-order chi connectivity index (χ1) is 14.2. The quantitative estimate of drug-likeness (QED) is 0.685. The zero-order valence-electron chi connectivity index (χ0n) is 17.8. The summed E-state index contributed by atoms with van der Waals surface area (Å²) in [5.74, 6) is 1.41. The first-order valence-electron chi connectivity index (χ1n) is 10.1. The van der Waals surface area contributed by atoms with Crippen molar-refractivity contribution in [1.29, 1.82) is 0 Å². The molecule has 164 valence electrons. The highest BCUT2D eigenvalue weighted by Crippen LogP contribution is 2.27. The van der Waals surface area contributed by atoms with Crippen LogP contribution < -0.4 is 10.0 Å². The summed E-state index contributed by atoms with van der Waals surface area (Å²) in [6.07, 6.45) is 1.71. The van der Waals surface area contributed by atoms with Gasteiger partial charge in [0.05, 0.1) is 10.9 Å². The van der Waals surface area contributed by atoms with Crippen molar-refractivity contribution < 1.29 is 17.7 Å². The number of anilines is 1. The maximum absolute atomic E-state index is 12.7. The molecule has 0 bridgehead atoms. The minimum absolute atomic E-state index is 0.127. The minimum Gasteiger partial charge on any atom is -0.339 e. The molecule has 0 aliphatic carbocycles. The molecule has 1 aromatic heterocycles. The number of nitrogens with one attached hydrogen (secondary N) is 2. The lowest BCUT2D eigenvalue weighted by molar-refractivity contribution is -0.121. The lowest BCUT2D eigenvalue weighted by atomic mass is 9.95. The second kappa shape index (κ2) is 9.23. The van der Waals surface area contributed by atoms with Crippen molar-refractivity contribution in [3.8, 4) is 0 Å². The summed E-state index contributed by atoms with van der Waals surface area (Å²) >= 11 is 0. The van der Waals surface area contributed by atoms with E-state index in [-0.39, 0.29) is 28.8 Å². The number of rotatable bonds is 7. The number of likely N-dealkylation sites (tertiary alicyclic amines) is 1. The van der Waals surface area contributed by atoms with Crippen LogP contribution >= 0.6 is 0 Å². The van der Waals surface area contributed by atoms with Crippen molar-refractivity contribution in [2.24, 2.45) is 0 Å². The summed E-state index contributed by atoms with van der Waals surface area (Å²) in [6.45, 7) is 8.73. The lowest BCUT2D eigenvalue weighted by Crippen LogP contribution is -2.45. The van der Waals surface area contributed by atoms with Crippen LogP contribution in [0, 0.1) is 6.92 Å². The molecular weight excluding hydrogens is 406 g/mol. The zero-order valence-corrected chi connectivity index (χ0v) is 18.6. The van der Waals surface area contributed by atoms with Gasteiger partial charge in [0.1, 0.15) is 0 Å². The minimum atomic E-state index is -3.55. The van der Waals surface area contributed by atoms with E-state index in [1.807, 2.05) is 6.92 Å². The number of piperidine rings is 1. The van der Waals surface area contributed by atoms with Gasteiger partial charge < -0.3 is 9.84 Å². The molecule has 30 heavy (non-hydrogen) atoms. The molecule has 1 aliphatic heterocycles. The number of nitrogens with zero attached hydrogens (tertiary/aromatic N) is 3. The van der Waals surface area contributed by atoms with E-state index in [4.69, 9.17) is 4.52 Å². The topological polar surface area (TPSA) is 117 Å². The molecule has 2 N–H and O–H groups in total. The van der Waals surface area contributed by atoms with E-state index in [1.54, 1.807) is 32.9 Å². The van der Waals surface area contributed by atoms with Gasteiger partial charge in [-0.15, -0.1) is 0 Å². The smallest absolute Gasteiger partial charge is 0.241 e. The van der Waals surface area contributed by atoms with E-state index in [2.05, 4.69) is 25.1 Å². The molecule has 10 heteroatoms. The Hall–Kier alpha value is -2.30. The molecule has 3 rings (SSSR count). The van der Waals surface area contributed by atoms with Gasteiger partial charge >= 0.3 is 0 Å². The van der Waals surface area contributed by atoms with Gasteiger partial charge in [0, 0.05) is 17.6 Å². The molecule has 2 aromatic rings. The number of hydrogen-bond acceptors (Lipinski definition) is 7. The molecule has 1 aliphatic rings. The fraction of sp³-hybridized carbons (Fsp3) is 0.550. The van der Waals surface area contributed by atoms with E-state index < -0.39 is 10.0 Å². The number of benzene rings is 1. The van der Waals surface area contributed by atoms with Gasteiger partial charge in [-0.05, 0) is 77.9 Å². The van der Waals surface area contributed by atoms with Gasteiger partial charge in [0.25, 0.3) is 0 Å². The van der Waals surface area contributed by atoms with Crippen molar-refractivity contribution in [3.05, 3.63) is 36.0 Å². The van der Waals surface area contributed by atoms with E-state index >= 15 is 0 Å². The highest BCUT2D eigenvalue weighted by Gasteiger charge is 2.29. The van der Waals surface area contributed by atoms with Crippen LogP contribution in [-0.4, -0.2) is 54.5 Å². The normalized spacial score (nSPS) is 17.2. The van der Waals surface area contributed by atoms with Crippen LogP contribution in [0.25, 0.3) is 0 Å². The van der Waals surface area contributed by atoms with Crippen molar-refractivity contribution in [2.45, 2.75) is 63.4 Å². The van der Waals surface area contributed by atoms with Gasteiger partial charge in [-0.25, -0.2) is 13.1 Å². The van der Waals surface area contributed by atoms with Gasteiger partial charge in [0.2, 0.25) is 21.8 Å². The predicted octanol–water partition coefficient (Wildman–Crippen LogP) is 2.27. The number of carbonyl (C=O) groups excluding carboxylic acids is 1. The second-order valence-electron chi connectivity index (χ2n) is 7.96. The summed E-state index contributed by atoms with van der Waals surface area (Å²) in [5, 5.41) is 6.72. The lowest BCUT2D eigenvalue weighted by Gasteiger charge is -2.34. The van der Waals surface area contributed by atoms with E-state index in [0.717, 1.165) is 25.9 Å². The van der Waals surface area contributed by atoms with Crippen LogP contribution in [0.15, 0.2) is 33.7 Å². The van der Waals surface area contributed by atoms with E-state index in [1.165, 1.54) is 12.1 Å². The molecule has 0 saturated carbocycles. The number of amides is 1. The van der Waals surface area contributed by atoms with Crippen LogP contribution in [0.2, 0.25) is 0 Å². The molecule has 1 fully saturated rings. The molecule has 1 aromatic carbocycles. The Morgan fingerprint density at radius 1 is 1.17 bits per heavy atom. The van der Waals surface area contributed by atoms with E-state index in [0.29, 0.717) is 17.4 Å². The summed E-state index contributed by atoms with van der Waals surface area (Å²) in [7, 11) is -3.55. The number of aryl methyl sites for hydroxylation is 1. The Morgan fingerprint density at radius 3 is 2.33 bits per heavy atom. The van der Waals surface area contributed by atoms with Crippen molar-refractivity contribution in [3.63, 3.8) is 0 Å². The monoisotopic (exact) mass is 435 g/mol. The van der Waals surface area contributed by atoms with Crippen LogP contribution in [-0.2, 0) is 14.8 Å². The summed E-state index contributed by atoms with van der Waals surface area (Å²) in [5.41, 5.74) is 0.562. The first kappa shape index (κ1) is 22.4. The SMILES string of the molecule is Cc1noc(C2CCN([C@H](C)C(=O)Nc3ccc(S(=O)(=O)NC(C)C)cc3)CC2)n1. The maximum atomic E-state index is 12.7. The third-order valence-electron chi connectivity index (χ3n) is 5.17. The van der Waals surface area contributed by atoms with Crippen LogP contribution in [0.4, 0.5) is 5.69 Å². The zero-order chi connectivity index (χ0) is 21.9. The Kier molecular flexibility index (Phi) is 6.89. The molecular formula is C20H29N5O4S. The molecule has 1 atom stereocenters. The standard InChI is InChI=1S/C20H29N5O4S/c1-13(2)24-30(27,28)18-7-5-17(6-8-18)22-19(26)14(3)25-11-9-16(10-12-25)20-21-15(4)23-29-20/h5-8,13-14,16,24H,9-12H2,1-4H3,(H,22,26)/t14-/m1/s1. The summed E-state index contributed by atoms with van der Waals surface area (Å²) < 4.78 is 32.2. The molecule has 0 radical (unpaired) electrons. The molecule has 1 amide bonds. The van der Waals surface area contributed by atoms with Crippen LogP contribution in [0.5, 0.6) is 0 Å². The van der Waals surface area contributed by atoms with Crippen molar-refractivity contribution in [2.75, 3.05) is 18.4 Å². The van der Waals surface area contributed by atoms with Crippen molar-refractivity contribution >= 4 is 21.6 Å². The number of carbonyl (C=O) groups is 1. The third kappa shape index (κ3) is 5.44. The van der Waals surface area contributed by atoms with Crippen LogP contribution in [0.1, 0.15) is 51.2 Å². The summed E-state index contributed by atoms with van der Waals surface area (Å²) in [4.78, 5) is 19.3. The highest BCUT2D eigenvalue weighted by atomic mass is 32.2. The fourth-order valence-corrected chi connectivity index (χ4v) is 4.77. The van der Waals surface area contributed by atoms with Gasteiger partial charge in [-0.3, -0.25) is 9.69 Å². The molecule has 9 nitrogen and oxygen atoms in total. The Labute approximate surface area is 177 Å². The predicted molar refractivity (Wildman–Crippen MR) is 113 cm³/mol. The maximum Gasteiger partial charge on any atom is 0.241 e. The van der Waals surface area contributed by atoms with E-state index in [9.17, 15) is 13.2 Å². The van der Waals surface area contributed by atoms with Gasteiger partial charge in [-0.1, -0.05) is 5.16 Å². The number of sulfonamides is 1. The molecule has 1 saturated heterocycles. The molecule has 0 unspecified atom stereocenters. The average Bonchev–Trinajstić information content (AvgIpc) is 3.13. The largest absolute Gasteiger partial charge is 0.339 e. The van der Waals surface area contributed by atoms with Crippen LogP contribution in [0.3, 0.4) is 0 Å². The molecule has 2 heterocycles. The van der Waals surface area contributed by atoms with Crippen molar-refractivity contribution in [1.82, 2.24) is 19.8 Å². The molecule has 0 spiro atoms. The summed E-state index contributed by atoms with van der Waals surface area (Å²) in [6, 6.07) is 5.68. The average molecular weight is 436 g/mol. The first-order valence-corrected chi connectivity index (χ1v) is 11.6. The number of aromatic nitrogens is 2. The van der Waals surface area contributed by atoms with Gasteiger partial charge in [-0.2, -0.15) is 4.98 Å². The highest BCUT2D eigenvalue weighted by molar-refractivity contribution is 7.89. The Bertz CT molecular complexity index is 963. The second-order valence-corrected chi connectivity index (χ2v) is 9.67. The third-order valence-corrected chi connectivity index (χ3v) is 6.85.